The van der Waals surface area contributed by atoms with Crippen molar-refractivity contribution in [3.8, 4) is 11.5 Å². The highest BCUT2D eigenvalue weighted by Crippen LogP contribution is 2.33. The molecule has 4 rings (SSSR count). The van der Waals surface area contributed by atoms with Gasteiger partial charge in [-0.25, -0.2) is 0 Å². The van der Waals surface area contributed by atoms with Crippen LogP contribution in [0.5, 0.6) is 11.5 Å². The Hall–Kier alpha value is -3.02. The second-order valence-corrected chi connectivity index (χ2v) is 6.09. The van der Waals surface area contributed by atoms with Gasteiger partial charge in [0.2, 0.25) is 5.91 Å². The van der Waals surface area contributed by atoms with Crippen molar-refractivity contribution in [1.82, 2.24) is 0 Å². The number of amides is 2. The van der Waals surface area contributed by atoms with E-state index in [0.29, 0.717) is 42.4 Å². The van der Waals surface area contributed by atoms with Gasteiger partial charge >= 0.3 is 0 Å². The van der Waals surface area contributed by atoms with E-state index in [1.54, 1.807) is 30.3 Å². The van der Waals surface area contributed by atoms with Gasteiger partial charge in [0.1, 0.15) is 13.2 Å². The van der Waals surface area contributed by atoms with Crippen LogP contribution in [0.1, 0.15) is 28.8 Å². The van der Waals surface area contributed by atoms with Crippen LogP contribution in [0.25, 0.3) is 0 Å². The van der Waals surface area contributed by atoms with E-state index in [0.717, 1.165) is 24.1 Å². The molecule has 0 bridgehead atoms. The number of aryl methyl sites for hydroxylation is 1. The summed E-state index contributed by atoms with van der Waals surface area (Å²) in [7, 11) is 0. The maximum atomic E-state index is 12.5. The number of hydrogen-bond acceptors (Lipinski definition) is 4. The minimum Gasteiger partial charge on any atom is -0.486 e. The van der Waals surface area contributed by atoms with Crippen molar-refractivity contribution in [2.24, 2.45) is 0 Å². The third-order valence-corrected chi connectivity index (χ3v) is 4.29. The first kappa shape index (κ1) is 15.5. The van der Waals surface area contributed by atoms with E-state index in [2.05, 4.69) is 10.6 Å². The number of rotatable bonds is 2. The highest BCUT2D eigenvalue weighted by molar-refractivity contribution is 6.05. The quantitative estimate of drug-likeness (QED) is 0.882. The topological polar surface area (TPSA) is 76.7 Å². The number of ether oxygens (including phenoxy) is 2. The van der Waals surface area contributed by atoms with E-state index in [9.17, 15) is 9.59 Å². The van der Waals surface area contributed by atoms with Crippen LogP contribution in [0, 0.1) is 0 Å². The first-order chi connectivity index (χ1) is 12.2. The highest BCUT2D eigenvalue weighted by Gasteiger charge is 2.16. The summed E-state index contributed by atoms with van der Waals surface area (Å²) in [6.07, 6.45) is 2.07. The molecule has 0 fully saturated rings. The van der Waals surface area contributed by atoms with Crippen molar-refractivity contribution >= 4 is 23.2 Å². The van der Waals surface area contributed by atoms with Gasteiger partial charge in [0, 0.05) is 29.4 Å². The van der Waals surface area contributed by atoms with Crippen LogP contribution in [-0.4, -0.2) is 25.0 Å². The zero-order chi connectivity index (χ0) is 17.2. The van der Waals surface area contributed by atoms with Crippen LogP contribution in [0.2, 0.25) is 0 Å². The predicted molar refractivity (Wildman–Crippen MR) is 93.4 cm³/mol. The lowest BCUT2D eigenvalue weighted by molar-refractivity contribution is -0.116. The van der Waals surface area contributed by atoms with Crippen molar-refractivity contribution in [3.63, 3.8) is 0 Å². The van der Waals surface area contributed by atoms with Crippen LogP contribution >= 0.6 is 0 Å². The molecule has 0 aliphatic carbocycles. The number of anilines is 2. The van der Waals surface area contributed by atoms with Gasteiger partial charge in [0.25, 0.3) is 5.91 Å². The van der Waals surface area contributed by atoms with Crippen molar-refractivity contribution in [1.29, 1.82) is 0 Å². The molecule has 2 aromatic rings. The van der Waals surface area contributed by atoms with E-state index < -0.39 is 0 Å². The van der Waals surface area contributed by atoms with Gasteiger partial charge in [0.05, 0.1) is 0 Å². The van der Waals surface area contributed by atoms with E-state index in [-0.39, 0.29) is 11.8 Å². The summed E-state index contributed by atoms with van der Waals surface area (Å²) < 4.78 is 11.0. The monoisotopic (exact) mass is 338 g/mol. The van der Waals surface area contributed by atoms with Crippen molar-refractivity contribution < 1.29 is 19.1 Å². The number of carbonyl (C=O) groups is 2. The van der Waals surface area contributed by atoms with Crippen LogP contribution in [0.3, 0.4) is 0 Å². The fraction of sp³-hybridized carbons (Fsp3) is 0.263. The number of carbonyl (C=O) groups excluding carboxylic acids is 2. The van der Waals surface area contributed by atoms with E-state index in [1.165, 1.54) is 0 Å². The fourth-order valence-corrected chi connectivity index (χ4v) is 3.04. The molecule has 0 saturated carbocycles. The maximum absolute atomic E-state index is 12.5. The zero-order valence-electron chi connectivity index (χ0n) is 13.6. The average Bonchev–Trinajstić information content (AvgIpc) is 2.81. The first-order valence-corrected chi connectivity index (χ1v) is 8.33. The minimum absolute atomic E-state index is 0.0206. The lowest BCUT2D eigenvalue weighted by Gasteiger charge is -2.19. The SMILES string of the molecule is O=C1CCCc2cc(C(=O)Nc3ccc4c(c3)OCCO4)ccc2N1. The normalized spacial score (nSPS) is 15.6. The summed E-state index contributed by atoms with van der Waals surface area (Å²) in [5, 5.41) is 5.75. The Labute approximate surface area is 145 Å². The summed E-state index contributed by atoms with van der Waals surface area (Å²) >= 11 is 0. The molecule has 0 atom stereocenters. The molecule has 2 amide bonds. The molecule has 25 heavy (non-hydrogen) atoms. The Morgan fingerprint density at radius 2 is 1.84 bits per heavy atom. The molecular formula is C19H18N2O4. The van der Waals surface area contributed by atoms with Gasteiger partial charge in [-0.15, -0.1) is 0 Å². The van der Waals surface area contributed by atoms with Gasteiger partial charge in [0.15, 0.2) is 11.5 Å². The molecule has 128 valence electrons. The summed E-state index contributed by atoms with van der Waals surface area (Å²) in [6, 6.07) is 10.7. The summed E-state index contributed by atoms with van der Waals surface area (Å²) in [5.41, 5.74) is 2.99. The number of benzene rings is 2. The molecule has 2 heterocycles. The fourth-order valence-electron chi connectivity index (χ4n) is 3.04. The van der Waals surface area contributed by atoms with Crippen LogP contribution in [0.15, 0.2) is 36.4 Å². The first-order valence-electron chi connectivity index (χ1n) is 8.33. The molecule has 0 unspecified atom stereocenters. The molecule has 0 radical (unpaired) electrons. The highest BCUT2D eigenvalue weighted by atomic mass is 16.6. The molecule has 2 N–H and O–H groups in total. The molecule has 6 heteroatoms. The molecule has 2 aromatic carbocycles. The van der Waals surface area contributed by atoms with Crippen LogP contribution < -0.4 is 20.1 Å². The summed E-state index contributed by atoms with van der Waals surface area (Å²) in [4.78, 5) is 24.2. The summed E-state index contributed by atoms with van der Waals surface area (Å²) in [6.45, 7) is 1.03. The van der Waals surface area contributed by atoms with Gasteiger partial charge in [-0.3, -0.25) is 9.59 Å². The predicted octanol–water partition coefficient (Wildman–Crippen LogP) is 2.98. The Kier molecular flexibility index (Phi) is 4.01. The summed E-state index contributed by atoms with van der Waals surface area (Å²) in [5.74, 6) is 1.14. The largest absolute Gasteiger partial charge is 0.486 e. The van der Waals surface area contributed by atoms with Crippen molar-refractivity contribution in [3.05, 3.63) is 47.5 Å². The minimum atomic E-state index is -0.199. The molecule has 2 aliphatic heterocycles. The van der Waals surface area contributed by atoms with Gasteiger partial charge < -0.3 is 20.1 Å². The zero-order valence-corrected chi connectivity index (χ0v) is 13.6. The second kappa shape index (κ2) is 6.47. The Bertz CT molecular complexity index is 847. The van der Waals surface area contributed by atoms with E-state index >= 15 is 0 Å². The Morgan fingerprint density at radius 1 is 1.00 bits per heavy atom. The van der Waals surface area contributed by atoms with Crippen LogP contribution in [-0.2, 0) is 11.2 Å². The third kappa shape index (κ3) is 3.28. The second-order valence-electron chi connectivity index (χ2n) is 6.09. The number of nitrogens with one attached hydrogen (secondary N) is 2. The molecule has 0 spiro atoms. The van der Waals surface area contributed by atoms with E-state index in [1.807, 2.05) is 6.07 Å². The smallest absolute Gasteiger partial charge is 0.255 e. The number of hydrogen-bond donors (Lipinski definition) is 2. The molecular weight excluding hydrogens is 320 g/mol. The number of fused-ring (bicyclic) bond motifs is 2. The molecule has 6 nitrogen and oxygen atoms in total. The Balaban J connectivity index is 1.53. The standard InChI is InChI=1S/C19H18N2O4/c22-18-3-1-2-12-10-13(4-6-15(12)21-18)19(23)20-14-5-7-16-17(11-14)25-9-8-24-16/h4-7,10-11H,1-3,8-9H2,(H,20,23)(H,21,22). The lowest BCUT2D eigenvalue weighted by atomic mass is 10.0. The van der Waals surface area contributed by atoms with Crippen molar-refractivity contribution in [2.75, 3.05) is 23.8 Å². The third-order valence-electron chi connectivity index (χ3n) is 4.29. The van der Waals surface area contributed by atoms with Gasteiger partial charge in [-0.05, 0) is 48.7 Å². The van der Waals surface area contributed by atoms with Crippen LogP contribution in [0.4, 0.5) is 11.4 Å². The maximum Gasteiger partial charge on any atom is 0.255 e. The lowest BCUT2D eigenvalue weighted by Crippen LogP contribution is -2.16. The molecule has 0 aromatic heterocycles. The average molecular weight is 338 g/mol. The molecule has 0 saturated heterocycles. The van der Waals surface area contributed by atoms with Gasteiger partial charge in [-0.1, -0.05) is 0 Å². The molecule has 2 aliphatic rings. The van der Waals surface area contributed by atoms with Gasteiger partial charge in [-0.2, -0.15) is 0 Å². The van der Waals surface area contributed by atoms with E-state index in [4.69, 9.17) is 9.47 Å². The Morgan fingerprint density at radius 3 is 2.72 bits per heavy atom. The van der Waals surface area contributed by atoms with Crippen molar-refractivity contribution in [2.45, 2.75) is 19.3 Å².